The Kier molecular flexibility index (Phi) is 1.66. The molecule has 2 rings (SSSR count). The fraction of sp³-hybridized carbons (Fsp3) is 0. The molecule has 0 saturated carbocycles. The molecule has 66 valence electrons. The lowest BCUT2D eigenvalue weighted by Crippen LogP contribution is -1.94. The van der Waals surface area contributed by atoms with Crippen molar-refractivity contribution in [3.8, 4) is 0 Å². The van der Waals surface area contributed by atoms with Crippen molar-refractivity contribution in [1.82, 2.24) is 9.61 Å². The number of aromatic nitrogens is 2. The van der Waals surface area contributed by atoms with E-state index in [9.17, 15) is 4.79 Å². The summed E-state index contributed by atoms with van der Waals surface area (Å²) in [6, 6.07) is 3.37. The number of carbonyl (C=O) groups is 1. The predicted octanol–water partition coefficient (Wildman–Crippen LogP) is 1.70. The molecule has 4 nitrogen and oxygen atoms in total. The highest BCUT2D eigenvalue weighted by atomic mass is 32.1. The van der Waals surface area contributed by atoms with E-state index in [2.05, 4.69) is 5.10 Å². The number of rotatable bonds is 1. The van der Waals surface area contributed by atoms with Crippen molar-refractivity contribution >= 4 is 23.7 Å². The van der Waals surface area contributed by atoms with Crippen LogP contribution in [0.3, 0.4) is 0 Å². The minimum absolute atomic E-state index is 0.228. The molecule has 0 unspecified atom stereocenters. The lowest BCUT2D eigenvalue weighted by molar-refractivity contribution is 0.0699. The van der Waals surface area contributed by atoms with E-state index >= 15 is 0 Å². The van der Waals surface area contributed by atoms with Crippen LogP contribution >= 0.6 is 12.2 Å². The van der Waals surface area contributed by atoms with Crippen LogP contribution in [0.15, 0.2) is 24.5 Å². The van der Waals surface area contributed by atoms with Crippen LogP contribution in [-0.4, -0.2) is 20.7 Å². The van der Waals surface area contributed by atoms with Crippen LogP contribution in [0, 0.1) is 4.51 Å². The van der Waals surface area contributed by atoms with Crippen molar-refractivity contribution in [2.24, 2.45) is 0 Å². The molecule has 2 aromatic rings. The highest BCUT2D eigenvalue weighted by Gasteiger charge is 2.08. The molecule has 0 saturated heterocycles. The Morgan fingerprint density at radius 3 is 3.08 bits per heavy atom. The molecule has 5 heteroatoms. The highest BCUT2D eigenvalue weighted by Crippen LogP contribution is 2.10. The average molecular weight is 194 g/mol. The molecular weight excluding hydrogens is 188 g/mol. The van der Waals surface area contributed by atoms with Crippen molar-refractivity contribution in [1.29, 1.82) is 0 Å². The lowest BCUT2D eigenvalue weighted by atomic mass is 10.3. The molecule has 13 heavy (non-hydrogen) atoms. The summed E-state index contributed by atoms with van der Waals surface area (Å²) in [6.07, 6.45) is 3.14. The average Bonchev–Trinajstić information content (AvgIpc) is 2.46. The van der Waals surface area contributed by atoms with E-state index in [0.29, 0.717) is 10.0 Å². The Hall–Kier alpha value is -1.62. The van der Waals surface area contributed by atoms with Crippen molar-refractivity contribution < 1.29 is 9.90 Å². The Bertz CT molecular complexity index is 526. The second kappa shape index (κ2) is 2.70. The van der Waals surface area contributed by atoms with Gasteiger partial charge in [-0.15, -0.1) is 0 Å². The normalized spacial score (nSPS) is 10.5. The number of carboxylic acid groups (broad SMARTS) is 1. The molecule has 2 N–H and O–H groups in total. The van der Waals surface area contributed by atoms with E-state index in [0.717, 1.165) is 0 Å². The second-order valence-electron chi connectivity index (χ2n) is 2.61. The molecule has 0 aliphatic heterocycles. The number of hydrogen-bond donors (Lipinski definition) is 2. The number of carboxylic acids is 1. The van der Waals surface area contributed by atoms with Crippen molar-refractivity contribution in [2.45, 2.75) is 0 Å². The van der Waals surface area contributed by atoms with Gasteiger partial charge in [-0.05, 0) is 12.1 Å². The Labute approximate surface area is 78.4 Å². The first-order valence-corrected chi connectivity index (χ1v) is 4.02. The van der Waals surface area contributed by atoms with Crippen molar-refractivity contribution in [3.05, 3.63) is 34.6 Å². The van der Waals surface area contributed by atoms with Gasteiger partial charge < -0.3 is 10.2 Å². The molecule has 0 fully saturated rings. The largest absolute Gasteiger partial charge is 0.478 e. The van der Waals surface area contributed by atoms with E-state index in [1.165, 1.54) is 6.20 Å². The summed E-state index contributed by atoms with van der Waals surface area (Å²) in [5, 5.41) is 11.6. The van der Waals surface area contributed by atoms with Crippen LogP contribution in [0.5, 0.6) is 0 Å². The number of H-pyrrole nitrogens is 1. The Morgan fingerprint density at radius 2 is 2.38 bits per heavy atom. The smallest absolute Gasteiger partial charge is 0.339 e. The van der Waals surface area contributed by atoms with Gasteiger partial charge in [-0.2, -0.15) is 0 Å². The molecule has 0 atom stereocenters. The number of nitrogens with one attached hydrogen (secondary N) is 1. The lowest BCUT2D eigenvalue weighted by Gasteiger charge is -1.92. The Morgan fingerprint density at radius 1 is 1.62 bits per heavy atom. The fourth-order valence-corrected chi connectivity index (χ4v) is 1.35. The number of aromatic carboxylic acids is 1. The Balaban J connectivity index is 2.86. The van der Waals surface area contributed by atoms with Gasteiger partial charge in [0, 0.05) is 16.9 Å². The van der Waals surface area contributed by atoms with Crippen LogP contribution in [-0.2, 0) is 0 Å². The van der Waals surface area contributed by atoms with Crippen LogP contribution in [0.25, 0.3) is 5.52 Å². The predicted molar refractivity (Wildman–Crippen MR) is 49.5 cm³/mol. The SMILES string of the molecule is O=C(O)c1c[nH]n2ccc(=S)cc12. The standard InChI is InChI=1S/C8H6N2O2S/c11-8(12)6-4-9-10-2-1-5(13)3-7(6)10/h1-4,9H,(H,11,12). The third-order valence-electron chi connectivity index (χ3n) is 1.78. The highest BCUT2D eigenvalue weighted by molar-refractivity contribution is 7.71. The third kappa shape index (κ3) is 1.23. The van der Waals surface area contributed by atoms with E-state index in [1.54, 1.807) is 22.8 Å². The minimum Gasteiger partial charge on any atom is -0.478 e. The second-order valence-corrected chi connectivity index (χ2v) is 3.08. The van der Waals surface area contributed by atoms with Gasteiger partial charge in [0.1, 0.15) is 5.56 Å². The van der Waals surface area contributed by atoms with E-state index < -0.39 is 5.97 Å². The first-order chi connectivity index (χ1) is 6.18. The zero-order chi connectivity index (χ0) is 9.42. The van der Waals surface area contributed by atoms with Gasteiger partial charge in [0.25, 0.3) is 0 Å². The van der Waals surface area contributed by atoms with Crippen molar-refractivity contribution in [2.75, 3.05) is 0 Å². The maximum Gasteiger partial charge on any atom is 0.339 e. The first-order valence-electron chi connectivity index (χ1n) is 3.61. The molecular formula is C8H6N2O2S. The molecule has 0 aromatic carbocycles. The van der Waals surface area contributed by atoms with Gasteiger partial charge >= 0.3 is 5.97 Å². The topological polar surface area (TPSA) is 57.5 Å². The summed E-state index contributed by atoms with van der Waals surface area (Å²) in [6.45, 7) is 0. The monoisotopic (exact) mass is 194 g/mol. The maximum absolute atomic E-state index is 10.7. The third-order valence-corrected chi connectivity index (χ3v) is 2.03. The van der Waals surface area contributed by atoms with Gasteiger partial charge in [-0.3, -0.25) is 4.52 Å². The molecule has 0 aliphatic carbocycles. The fourth-order valence-electron chi connectivity index (χ4n) is 1.18. The van der Waals surface area contributed by atoms with E-state index in [4.69, 9.17) is 17.3 Å². The molecule has 2 heterocycles. The van der Waals surface area contributed by atoms with Gasteiger partial charge in [0.05, 0.1) is 5.52 Å². The zero-order valence-corrected chi connectivity index (χ0v) is 7.34. The van der Waals surface area contributed by atoms with Crippen molar-refractivity contribution in [3.63, 3.8) is 0 Å². The number of fused-ring (bicyclic) bond motifs is 1. The molecule has 0 amide bonds. The first kappa shape index (κ1) is 8.00. The van der Waals surface area contributed by atoms with Gasteiger partial charge in [0.2, 0.25) is 0 Å². The molecule has 0 bridgehead atoms. The number of hydrogen-bond acceptors (Lipinski definition) is 2. The molecule has 2 aromatic heterocycles. The summed E-state index contributed by atoms with van der Waals surface area (Å²) in [4.78, 5) is 10.7. The van der Waals surface area contributed by atoms with Gasteiger partial charge in [-0.1, -0.05) is 12.2 Å². The number of aromatic amines is 1. The maximum atomic E-state index is 10.7. The van der Waals surface area contributed by atoms with Gasteiger partial charge in [-0.25, -0.2) is 4.79 Å². The molecule has 0 spiro atoms. The number of nitrogens with zero attached hydrogens (tertiary/aromatic N) is 1. The van der Waals surface area contributed by atoms with Crippen LogP contribution < -0.4 is 0 Å². The van der Waals surface area contributed by atoms with E-state index in [-0.39, 0.29) is 5.56 Å². The summed E-state index contributed by atoms with van der Waals surface area (Å²) < 4.78 is 2.24. The van der Waals surface area contributed by atoms with Crippen LogP contribution in [0.1, 0.15) is 10.4 Å². The molecule has 0 radical (unpaired) electrons. The van der Waals surface area contributed by atoms with Crippen LogP contribution in [0.2, 0.25) is 0 Å². The van der Waals surface area contributed by atoms with Gasteiger partial charge in [0.15, 0.2) is 0 Å². The summed E-state index contributed by atoms with van der Waals surface area (Å²) in [5.41, 5.74) is 0.812. The minimum atomic E-state index is -0.959. The number of pyridine rings is 1. The van der Waals surface area contributed by atoms with E-state index in [1.807, 2.05) is 0 Å². The summed E-state index contributed by atoms with van der Waals surface area (Å²) in [7, 11) is 0. The summed E-state index contributed by atoms with van der Waals surface area (Å²) in [5.74, 6) is -0.959. The molecule has 0 aliphatic rings. The summed E-state index contributed by atoms with van der Waals surface area (Å²) >= 11 is 4.93. The van der Waals surface area contributed by atoms with Crippen LogP contribution in [0.4, 0.5) is 0 Å². The quantitative estimate of drug-likeness (QED) is 0.679. The zero-order valence-electron chi connectivity index (χ0n) is 6.52.